The van der Waals surface area contributed by atoms with Crippen LogP contribution < -0.4 is 5.32 Å². The SMILES string of the molecule is O=C(CN1CCN(C(=O)CC2CCCCC2)CC1)NCC1(N2CCOCC2)CCCCC1. The third kappa shape index (κ3) is 6.45. The minimum Gasteiger partial charge on any atom is -0.379 e. The molecule has 7 heteroatoms. The second-order valence-electron chi connectivity index (χ2n) is 10.5. The van der Waals surface area contributed by atoms with Crippen molar-refractivity contribution in [2.45, 2.75) is 76.2 Å². The molecule has 32 heavy (non-hydrogen) atoms. The molecule has 0 spiro atoms. The first-order valence-corrected chi connectivity index (χ1v) is 13.2. The van der Waals surface area contributed by atoms with Crippen molar-refractivity contribution in [1.29, 1.82) is 0 Å². The largest absolute Gasteiger partial charge is 0.379 e. The molecule has 0 bridgehead atoms. The molecule has 4 aliphatic rings. The summed E-state index contributed by atoms with van der Waals surface area (Å²) < 4.78 is 5.57. The molecule has 4 rings (SSSR count). The van der Waals surface area contributed by atoms with Gasteiger partial charge in [0.05, 0.1) is 19.8 Å². The van der Waals surface area contributed by atoms with E-state index in [1.165, 1.54) is 64.2 Å². The van der Waals surface area contributed by atoms with Crippen LogP contribution in [0.2, 0.25) is 0 Å². The van der Waals surface area contributed by atoms with Crippen molar-refractivity contribution in [3.8, 4) is 0 Å². The van der Waals surface area contributed by atoms with Gasteiger partial charge in [0.25, 0.3) is 0 Å². The molecule has 2 saturated heterocycles. The van der Waals surface area contributed by atoms with Crippen molar-refractivity contribution in [3.63, 3.8) is 0 Å². The third-order valence-electron chi connectivity index (χ3n) is 8.36. The minimum absolute atomic E-state index is 0.113. The van der Waals surface area contributed by atoms with E-state index in [1.54, 1.807) is 0 Å². The molecular formula is C25H44N4O3. The molecule has 2 aliphatic heterocycles. The maximum Gasteiger partial charge on any atom is 0.234 e. The molecule has 1 N–H and O–H groups in total. The molecule has 7 nitrogen and oxygen atoms in total. The molecule has 0 aromatic heterocycles. The summed E-state index contributed by atoms with van der Waals surface area (Å²) in [7, 11) is 0. The summed E-state index contributed by atoms with van der Waals surface area (Å²) in [6.45, 7) is 7.90. The average Bonchev–Trinajstić information content (AvgIpc) is 2.85. The van der Waals surface area contributed by atoms with E-state index in [1.807, 2.05) is 4.90 Å². The number of morpholine rings is 1. The number of carbonyl (C=O) groups is 2. The van der Waals surface area contributed by atoms with Crippen molar-refractivity contribution < 1.29 is 14.3 Å². The monoisotopic (exact) mass is 448 g/mol. The predicted octanol–water partition coefficient (Wildman–Crippen LogP) is 2.25. The normalized spacial score (nSPS) is 26.1. The molecule has 0 unspecified atom stereocenters. The fourth-order valence-corrected chi connectivity index (χ4v) is 6.30. The lowest BCUT2D eigenvalue weighted by molar-refractivity contribution is -0.134. The van der Waals surface area contributed by atoms with Gasteiger partial charge in [0.2, 0.25) is 11.8 Å². The summed E-state index contributed by atoms with van der Waals surface area (Å²) >= 11 is 0. The summed E-state index contributed by atoms with van der Waals surface area (Å²) in [4.78, 5) is 32.3. The van der Waals surface area contributed by atoms with Gasteiger partial charge in [-0.3, -0.25) is 19.4 Å². The second-order valence-corrected chi connectivity index (χ2v) is 10.5. The van der Waals surface area contributed by atoms with Crippen molar-refractivity contribution in [1.82, 2.24) is 20.0 Å². The van der Waals surface area contributed by atoms with Crippen LogP contribution in [0.1, 0.15) is 70.6 Å². The molecule has 0 atom stereocenters. The van der Waals surface area contributed by atoms with Gasteiger partial charge in [-0.15, -0.1) is 0 Å². The number of hydrogen-bond donors (Lipinski definition) is 1. The number of rotatable bonds is 7. The number of hydrogen-bond acceptors (Lipinski definition) is 5. The predicted molar refractivity (Wildman–Crippen MR) is 125 cm³/mol. The topological polar surface area (TPSA) is 65.1 Å². The lowest BCUT2D eigenvalue weighted by Crippen LogP contribution is -2.60. The van der Waals surface area contributed by atoms with E-state index >= 15 is 0 Å². The van der Waals surface area contributed by atoms with Gasteiger partial charge in [-0.05, 0) is 31.6 Å². The number of nitrogens with one attached hydrogen (secondary N) is 1. The zero-order valence-corrected chi connectivity index (χ0v) is 20.0. The summed E-state index contributed by atoms with van der Waals surface area (Å²) in [5, 5.41) is 3.28. The summed E-state index contributed by atoms with van der Waals surface area (Å²) in [6.07, 6.45) is 13.2. The Balaban J connectivity index is 1.18. The Hall–Kier alpha value is -1.18. The third-order valence-corrected chi connectivity index (χ3v) is 8.36. The van der Waals surface area contributed by atoms with Gasteiger partial charge in [0, 0.05) is 57.8 Å². The number of ether oxygens (including phenoxy) is 1. The van der Waals surface area contributed by atoms with Crippen LogP contribution in [0.5, 0.6) is 0 Å². The molecule has 0 aromatic rings. The Bertz CT molecular complexity index is 602. The van der Waals surface area contributed by atoms with Crippen molar-refractivity contribution >= 4 is 11.8 Å². The summed E-state index contributed by atoms with van der Waals surface area (Å²) in [5.41, 5.74) is 0.113. The molecule has 2 aliphatic carbocycles. The van der Waals surface area contributed by atoms with E-state index in [-0.39, 0.29) is 11.4 Å². The van der Waals surface area contributed by atoms with Gasteiger partial charge < -0.3 is 15.0 Å². The smallest absolute Gasteiger partial charge is 0.234 e. The van der Waals surface area contributed by atoms with Gasteiger partial charge >= 0.3 is 0 Å². The van der Waals surface area contributed by atoms with Crippen LogP contribution >= 0.6 is 0 Å². The van der Waals surface area contributed by atoms with Gasteiger partial charge in [-0.2, -0.15) is 0 Å². The van der Waals surface area contributed by atoms with E-state index in [4.69, 9.17) is 4.74 Å². The summed E-state index contributed by atoms with van der Waals surface area (Å²) in [6, 6.07) is 0. The standard InChI is InChI=1S/C25H44N4O3/c30-23(26-21-25(9-5-2-6-10-25)29-15-17-32-18-16-29)20-27-11-13-28(14-12-27)24(31)19-22-7-3-1-4-8-22/h22H,1-21H2,(H,26,30). The Kier molecular flexibility index (Phi) is 8.83. The lowest BCUT2D eigenvalue weighted by Gasteiger charge is -2.48. The van der Waals surface area contributed by atoms with E-state index in [9.17, 15) is 9.59 Å². The van der Waals surface area contributed by atoms with Crippen LogP contribution in [0.3, 0.4) is 0 Å². The van der Waals surface area contributed by atoms with Crippen molar-refractivity contribution in [3.05, 3.63) is 0 Å². The number of amides is 2. The lowest BCUT2D eigenvalue weighted by atomic mass is 9.79. The molecule has 0 radical (unpaired) electrons. The van der Waals surface area contributed by atoms with E-state index in [2.05, 4.69) is 15.1 Å². The Morgan fingerprint density at radius 2 is 1.50 bits per heavy atom. The Labute approximate surface area is 194 Å². The maximum atomic E-state index is 12.8. The highest BCUT2D eigenvalue weighted by Crippen LogP contribution is 2.34. The van der Waals surface area contributed by atoms with Crippen LogP contribution in [-0.2, 0) is 14.3 Å². The summed E-state index contributed by atoms with van der Waals surface area (Å²) in [5.74, 6) is 1.05. The zero-order valence-electron chi connectivity index (χ0n) is 20.0. The minimum atomic E-state index is 0.113. The quantitative estimate of drug-likeness (QED) is 0.647. The first kappa shape index (κ1) is 24.0. The van der Waals surface area contributed by atoms with Gasteiger partial charge in [-0.1, -0.05) is 38.5 Å². The molecular weight excluding hydrogens is 404 g/mol. The molecule has 182 valence electrons. The first-order valence-electron chi connectivity index (χ1n) is 13.2. The Morgan fingerprint density at radius 3 is 2.19 bits per heavy atom. The highest BCUT2D eigenvalue weighted by atomic mass is 16.5. The molecule has 0 aromatic carbocycles. The van der Waals surface area contributed by atoms with E-state index < -0.39 is 0 Å². The highest BCUT2D eigenvalue weighted by molar-refractivity contribution is 5.78. The molecule has 2 amide bonds. The highest BCUT2D eigenvalue weighted by Gasteiger charge is 2.39. The first-order chi connectivity index (χ1) is 15.6. The van der Waals surface area contributed by atoms with Crippen LogP contribution in [0.4, 0.5) is 0 Å². The van der Waals surface area contributed by atoms with Crippen LogP contribution in [-0.4, -0.2) is 97.6 Å². The van der Waals surface area contributed by atoms with Crippen LogP contribution in [0.15, 0.2) is 0 Å². The Morgan fingerprint density at radius 1 is 0.844 bits per heavy atom. The fourth-order valence-electron chi connectivity index (χ4n) is 6.30. The zero-order chi connectivity index (χ0) is 22.2. The average molecular weight is 449 g/mol. The number of piperazine rings is 1. The fraction of sp³-hybridized carbons (Fsp3) is 0.920. The second kappa shape index (κ2) is 11.8. The number of nitrogens with zero attached hydrogens (tertiary/aromatic N) is 3. The van der Waals surface area contributed by atoms with Crippen LogP contribution in [0, 0.1) is 5.92 Å². The number of carbonyl (C=O) groups excluding carboxylic acids is 2. The van der Waals surface area contributed by atoms with E-state index in [0.717, 1.165) is 65.4 Å². The van der Waals surface area contributed by atoms with E-state index in [0.29, 0.717) is 18.4 Å². The van der Waals surface area contributed by atoms with Crippen LogP contribution in [0.25, 0.3) is 0 Å². The van der Waals surface area contributed by atoms with Crippen molar-refractivity contribution in [2.24, 2.45) is 5.92 Å². The van der Waals surface area contributed by atoms with Gasteiger partial charge in [0.1, 0.15) is 0 Å². The van der Waals surface area contributed by atoms with Crippen molar-refractivity contribution in [2.75, 3.05) is 65.6 Å². The molecule has 2 heterocycles. The van der Waals surface area contributed by atoms with Gasteiger partial charge in [-0.25, -0.2) is 0 Å². The molecule has 4 fully saturated rings. The van der Waals surface area contributed by atoms with Gasteiger partial charge in [0.15, 0.2) is 0 Å². The molecule has 2 saturated carbocycles. The maximum absolute atomic E-state index is 12.8.